The van der Waals surface area contributed by atoms with Gasteiger partial charge >= 0.3 is 0 Å². The number of hydrogen-bond acceptors (Lipinski definition) is 5. The minimum Gasteiger partial charge on any atom is -0.493 e. The molecule has 2 rings (SSSR count). The van der Waals surface area contributed by atoms with Crippen molar-refractivity contribution < 1.29 is 4.74 Å². The Morgan fingerprint density at radius 3 is 2.79 bits per heavy atom. The summed E-state index contributed by atoms with van der Waals surface area (Å²) in [6.45, 7) is 0.495. The second kappa shape index (κ2) is 6.61. The van der Waals surface area contributed by atoms with Crippen LogP contribution >= 0.6 is 11.8 Å². The Bertz CT molecular complexity index is 631. The van der Waals surface area contributed by atoms with Gasteiger partial charge in [0.25, 0.3) is 5.56 Å². The molecule has 0 radical (unpaired) electrons. The van der Waals surface area contributed by atoms with Gasteiger partial charge in [0.2, 0.25) is 0 Å². The Morgan fingerprint density at radius 1 is 1.32 bits per heavy atom. The normalized spacial score (nSPS) is 9.84. The molecule has 19 heavy (non-hydrogen) atoms. The average Bonchev–Trinajstić information content (AvgIpc) is 2.44. The van der Waals surface area contributed by atoms with E-state index in [4.69, 9.17) is 10.00 Å². The van der Waals surface area contributed by atoms with Gasteiger partial charge in [-0.05, 0) is 24.3 Å². The van der Waals surface area contributed by atoms with E-state index in [-0.39, 0.29) is 5.56 Å². The number of aromatic nitrogens is 2. The van der Waals surface area contributed by atoms with Crippen molar-refractivity contribution in [2.24, 2.45) is 0 Å². The summed E-state index contributed by atoms with van der Waals surface area (Å²) in [6, 6.07) is 10.3. The van der Waals surface area contributed by atoms with Gasteiger partial charge in [-0.25, -0.2) is 4.98 Å². The molecule has 0 fully saturated rings. The Balaban J connectivity index is 1.77. The molecular formula is C13H11N3O2S. The molecule has 0 bridgehead atoms. The van der Waals surface area contributed by atoms with Gasteiger partial charge in [-0.3, -0.25) is 4.79 Å². The van der Waals surface area contributed by atoms with Gasteiger partial charge in [0, 0.05) is 18.0 Å². The quantitative estimate of drug-likeness (QED) is 0.510. The van der Waals surface area contributed by atoms with Gasteiger partial charge in [-0.15, -0.1) is 0 Å². The zero-order valence-electron chi connectivity index (χ0n) is 10.00. The molecule has 0 aliphatic heterocycles. The summed E-state index contributed by atoms with van der Waals surface area (Å²) >= 11 is 1.42. The monoisotopic (exact) mass is 273 g/mol. The number of aromatic amines is 1. The summed E-state index contributed by atoms with van der Waals surface area (Å²) in [6.07, 6.45) is 1.47. The molecule has 1 heterocycles. The molecule has 0 amide bonds. The van der Waals surface area contributed by atoms with Crippen molar-refractivity contribution in [3.8, 4) is 11.8 Å². The van der Waals surface area contributed by atoms with Gasteiger partial charge in [0.05, 0.1) is 18.2 Å². The van der Waals surface area contributed by atoms with Crippen LogP contribution in [0.4, 0.5) is 0 Å². The van der Waals surface area contributed by atoms with Crippen LogP contribution in [-0.4, -0.2) is 22.3 Å². The maximum absolute atomic E-state index is 11.0. The molecule has 1 aromatic heterocycles. The lowest BCUT2D eigenvalue weighted by atomic mass is 10.2. The van der Waals surface area contributed by atoms with E-state index in [9.17, 15) is 4.79 Å². The molecule has 0 spiro atoms. The van der Waals surface area contributed by atoms with Gasteiger partial charge in [0.15, 0.2) is 5.16 Å². The zero-order chi connectivity index (χ0) is 13.5. The third-order valence-electron chi connectivity index (χ3n) is 2.22. The van der Waals surface area contributed by atoms with Crippen LogP contribution in [0, 0.1) is 11.3 Å². The Labute approximate surface area is 114 Å². The van der Waals surface area contributed by atoms with Crippen molar-refractivity contribution in [2.45, 2.75) is 5.16 Å². The van der Waals surface area contributed by atoms with Crippen LogP contribution in [0.15, 0.2) is 46.5 Å². The molecule has 1 N–H and O–H groups in total. The maximum Gasteiger partial charge on any atom is 0.251 e. The number of nitrogens with zero attached hydrogens (tertiary/aromatic N) is 2. The van der Waals surface area contributed by atoms with Crippen LogP contribution in [0.25, 0.3) is 0 Å². The molecule has 0 saturated heterocycles. The van der Waals surface area contributed by atoms with Gasteiger partial charge in [-0.1, -0.05) is 11.8 Å². The standard InChI is InChI=1S/C13H11N3O2S/c14-9-10-1-3-11(4-2-10)18-7-8-19-13-15-6-5-12(17)16-13/h1-6H,7-8H2,(H,15,16,17). The second-order valence-corrected chi connectivity index (χ2v) is 4.66. The first-order valence-electron chi connectivity index (χ1n) is 5.59. The molecule has 2 aromatic rings. The highest BCUT2D eigenvalue weighted by Crippen LogP contribution is 2.13. The summed E-state index contributed by atoms with van der Waals surface area (Å²) in [7, 11) is 0. The van der Waals surface area contributed by atoms with E-state index in [1.54, 1.807) is 24.3 Å². The third kappa shape index (κ3) is 4.16. The summed E-state index contributed by atoms with van der Waals surface area (Å²) in [5.41, 5.74) is 0.443. The van der Waals surface area contributed by atoms with Crippen molar-refractivity contribution in [1.29, 1.82) is 5.26 Å². The van der Waals surface area contributed by atoms with Crippen molar-refractivity contribution in [3.05, 3.63) is 52.4 Å². The van der Waals surface area contributed by atoms with E-state index in [1.165, 1.54) is 24.0 Å². The van der Waals surface area contributed by atoms with Crippen molar-refractivity contribution in [3.63, 3.8) is 0 Å². The molecule has 0 aliphatic carbocycles. The van der Waals surface area contributed by atoms with Crippen LogP contribution in [0.1, 0.15) is 5.56 Å². The van der Waals surface area contributed by atoms with Crippen molar-refractivity contribution >= 4 is 11.8 Å². The number of ether oxygens (including phenoxy) is 1. The van der Waals surface area contributed by atoms with E-state index in [0.29, 0.717) is 28.8 Å². The van der Waals surface area contributed by atoms with Gasteiger partial charge in [-0.2, -0.15) is 5.26 Å². The van der Waals surface area contributed by atoms with Crippen LogP contribution < -0.4 is 10.3 Å². The van der Waals surface area contributed by atoms with E-state index >= 15 is 0 Å². The lowest BCUT2D eigenvalue weighted by molar-refractivity contribution is 0.344. The summed E-state index contributed by atoms with van der Waals surface area (Å²) in [5, 5.41) is 9.24. The van der Waals surface area contributed by atoms with Crippen LogP contribution in [0.5, 0.6) is 5.75 Å². The predicted molar refractivity (Wildman–Crippen MR) is 72.2 cm³/mol. The number of rotatable bonds is 5. The topological polar surface area (TPSA) is 78.8 Å². The first kappa shape index (κ1) is 13.2. The maximum atomic E-state index is 11.0. The summed E-state index contributed by atoms with van der Waals surface area (Å²) in [5.74, 6) is 1.39. The SMILES string of the molecule is N#Cc1ccc(OCCSc2nccc(=O)[nH]2)cc1. The van der Waals surface area contributed by atoms with Crippen LogP contribution in [0.2, 0.25) is 0 Å². The molecule has 1 aromatic carbocycles. The van der Waals surface area contributed by atoms with Crippen molar-refractivity contribution in [2.75, 3.05) is 12.4 Å². The second-order valence-electron chi connectivity index (χ2n) is 3.57. The van der Waals surface area contributed by atoms with E-state index in [0.717, 1.165) is 0 Å². The predicted octanol–water partition coefficient (Wildman–Crippen LogP) is 1.81. The fraction of sp³-hybridized carbons (Fsp3) is 0.154. The van der Waals surface area contributed by atoms with E-state index in [1.807, 2.05) is 6.07 Å². The molecule has 0 atom stereocenters. The molecule has 6 heteroatoms. The highest BCUT2D eigenvalue weighted by Gasteiger charge is 1.98. The highest BCUT2D eigenvalue weighted by atomic mass is 32.2. The molecule has 5 nitrogen and oxygen atoms in total. The van der Waals surface area contributed by atoms with E-state index < -0.39 is 0 Å². The molecule has 96 valence electrons. The number of hydrogen-bond donors (Lipinski definition) is 1. The fourth-order valence-corrected chi connectivity index (χ4v) is 2.02. The number of H-pyrrole nitrogens is 1. The fourth-order valence-electron chi connectivity index (χ4n) is 1.35. The largest absolute Gasteiger partial charge is 0.493 e. The molecular weight excluding hydrogens is 262 g/mol. The number of thioether (sulfide) groups is 1. The Hall–Kier alpha value is -2.26. The lowest BCUT2D eigenvalue weighted by Gasteiger charge is -2.05. The lowest BCUT2D eigenvalue weighted by Crippen LogP contribution is -2.07. The number of nitriles is 1. The first-order valence-corrected chi connectivity index (χ1v) is 6.57. The van der Waals surface area contributed by atoms with E-state index in [2.05, 4.69) is 9.97 Å². The number of benzene rings is 1. The molecule has 0 unspecified atom stereocenters. The summed E-state index contributed by atoms with van der Waals surface area (Å²) in [4.78, 5) is 17.7. The van der Waals surface area contributed by atoms with Crippen LogP contribution in [0.3, 0.4) is 0 Å². The average molecular weight is 273 g/mol. The van der Waals surface area contributed by atoms with Gasteiger partial charge in [0.1, 0.15) is 5.75 Å². The minimum atomic E-state index is -0.162. The zero-order valence-corrected chi connectivity index (χ0v) is 10.8. The Kier molecular flexibility index (Phi) is 4.59. The molecule has 0 aliphatic rings. The van der Waals surface area contributed by atoms with Crippen LogP contribution in [-0.2, 0) is 0 Å². The van der Waals surface area contributed by atoms with Crippen molar-refractivity contribution in [1.82, 2.24) is 9.97 Å². The van der Waals surface area contributed by atoms with Gasteiger partial charge < -0.3 is 9.72 Å². The number of nitrogens with one attached hydrogen (secondary N) is 1. The summed E-state index contributed by atoms with van der Waals surface area (Å²) < 4.78 is 5.51. The first-order chi connectivity index (χ1) is 9.28. The smallest absolute Gasteiger partial charge is 0.251 e. The molecule has 0 saturated carbocycles. The highest BCUT2D eigenvalue weighted by molar-refractivity contribution is 7.99. The Morgan fingerprint density at radius 2 is 2.11 bits per heavy atom. The minimum absolute atomic E-state index is 0.162. The third-order valence-corrected chi connectivity index (χ3v) is 3.07.